The molecule has 0 radical (unpaired) electrons. The first kappa shape index (κ1) is 15.9. The molecule has 2 atom stereocenters. The van der Waals surface area contributed by atoms with Gasteiger partial charge in [-0.15, -0.1) is 0 Å². The molecule has 1 rings (SSSR count). The second-order valence-corrected chi connectivity index (χ2v) is 6.68. The molecular formula is C15H32N2O. The fourth-order valence-electron chi connectivity index (χ4n) is 2.41. The molecular weight excluding hydrogens is 224 g/mol. The molecule has 2 unspecified atom stereocenters. The number of aliphatic hydroxyl groups is 1. The fourth-order valence-corrected chi connectivity index (χ4v) is 2.41. The first-order valence-electron chi connectivity index (χ1n) is 7.52. The summed E-state index contributed by atoms with van der Waals surface area (Å²) in [6.45, 7) is 13.6. The fraction of sp³-hybridized carbons (Fsp3) is 1.00. The van der Waals surface area contributed by atoms with Crippen LogP contribution in [0, 0.1) is 5.92 Å². The summed E-state index contributed by atoms with van der Waals surface area (Å²) < 4.78 is 0. The highest BCUT2D eigenvalue weighted by molar-refractivity contribution is 4.85. The molecule has 3 nitrogen and oxygen atoms in total. The lowest BCUT2D eigenvalue weighted by Gasteiger charge is -2.39. The molecule has 0 spiro atoms. The Bertz CT molecular complexity index is 233. The van der Waals surface area contributed by atoms with E-state index >= 15 is 0 Å². The molecule has 18 heavy (non-hydrogen) atoms. The molecule has 1 saturated heterocycles. The summed E-state index contributed by atoms with van der Waals surface area (Å²) in [6.07, 6.45) is 3.92. The van der Waals surface area contributed by atoms with Gasteiger partial charge in [0.05, 0.1) is 5.60 Å². The molecule has 0 aromatic carbocycles. The van der Waals surface area contributed by atoms with Crippen LogP contribution in [0.4, 0.5) is 0 Å². The van der Waals surface area contributed by atoms with Gasteiger partial charge < -0.3 is 10.4 Å². The molecule has 1 fully saturated rings. The predicted molar refractivity (Wildman–Crippen MR) is 77.8 cm³/mol. The maximum atomic E-state index is 10.5. The number of nitrogens with one attached hydrogen (secondary N) is 1. The lowest BCUT2D eigenvalue weighted by Crippen LogP contribution is -2.52. The summed E-state index contributed by atoms with van der Waals surface area (Å²) in [5.41, 5.74) is -0.598. The molecule has 1 heterocycles. The lowest BCUT2D eigenvalue weighted by molar-refractivity contribution is -0.0286. The van der Waals surface area contributed by atoms with Crippen molar-refractivity contribution < 1.29 is 5.11 Å². The molecule has 0 amide bonds. The smallest absolute Gasteiger partial charge is 0.0768 e. The molecule has 0 bridgehead atoms. The Morgan fingerprint density at radius 2 is 1.94 bits per heavy atom. The summed E-state index contributed by atoms with van der Waals surface area (Å²) in [5, 5.41) is 14.1. The monoisotopic (exact) mass is 256 g/mol. The Morgan fingerprint density at radius 1 is 1.28 bits per heavy atom. The van der Waals surface area contributed by atoms with Gasteiger partial charge in [0.15, 0.2) is 0 Å². The van der Waals surface area contributed by atoms with Gasteiger partial charge >= 0.3 is 0 Å². The van der Waals surface area contributed by atoms with E-state index in [4.69, 9.17) is 0 Å². The largest absolute Gasteiger partial charge is 0.389 e. The first-order chi connectivity index (χ1) is 8.33. The van der Waals surface area contributed by atoms with Gasteiger partial charge in [-0.05, 0) is 46.1 Å². The van der Waals surface area contributed by atoms with Gasteiger partial charge in [-0.3, -0.25) is 4.90 Å². The van der Waals surface area contributed by atoms with Gasteiger partial charge in [0, 0.05) is 25.2 Å². The number of hydrogen-bond acceptors (Lipinski definition) is 3. The molecule has 0 aromatic rings. The highest BCUT2D eigenvalue weighted by Crippen LogP contribution is 2.20. The first-order valence-corrected chi connectivity index (χ1v) is 7.52. The average molecular weight is 256 g/mol. The van der Waals surface area contributed by atoms with E-state index in [0.29, 0.717) is 12.1 Å². The molecule has 108 valence electrons. The summed E-state index contributed by atoms with van der Waals surface area (Å²) in [7, 11) is 0. The van der Waals surface area contributed by atoms with Crippen LogP contribution in [0.2, 0.25) is 0 Å². The van der Waals surface area contributed by atoms with Crippen molar-refractivity contribution >= 4 is 0 Å². The maximum Gasteiger partial charge on any atom is 0.0768 e. The minimum atomic E-state index is -0.598. The normalized spacial score (nSPS) is 24.8. The van der Waals surface area contributed by atoms with Crippen LogP contribution >= 0.6 is 0 Å². The molecule has 1 aliphatic heterocycles. The third-order valence-corrected chi connectivity index (χ3v) is 4.36. The van der Waals surface area contributed by atoms with E-state index in [1.165, 1.54) is 19.3 Å². The Kier molecular flexibility index (Phi) is 6.09. The van der Waals surface area contributed by atoms with Crippen molar-refractivity contribution in [3.05, 3.63) is 0 Å². The Hall–Kier alpha value is -0.120. The van der Waals surface area contributed by atoms with Gasteiger partial charge in [0.2, 0.25) is 0 Å². The van der Waals surface area contributed by atoms with E-state index in [0.717, 1.165) is 19.6 Å². The second kappa shape index (κ2) is 6.88. The highest BCUT2D eigenvalue weighted by Gasteiger charge is 2.30. The van der Waals surface area contributed by atoms with E-state index in [2.05, 4.69) is 37.9 Å². The van der Waals surface area contributed by atoms with E-state index in [1.807, 2.05) is 6.92 Å². The molecule has 1 aliphatic rings. The van der Waals surface area contributed by atoms with Gasteiger partial charge in [0.25, 0.3) is 0 Å². The van der Waals surface area contributed by atoms with Gasteiger partial charge in [0.1, 0.15) is 0 Å². The average Bonchev–Trinajstić information content (AvgIpc) is 2.29. The Balaban J connectivity index is 2.54. The molecule has 0 saturated carbocycles. The number of rotatable bonds is 6. The van der Waals surface area contributed by atoms with Crippen LogP contribution in [0.1, 0.15) is 53.9 Å². The third-order valence-electron chi connectivity index (χ3n) is 4.36. The molecule has 0 aliphatic carbocycles. The number of piperidine rings is 1. The van der Waals surface area contributed by atoms with Crippen molar-refractivity contribution in [1.29, 1.82) is 0 Å². The zero-order valence-corrected chi connectivity index (χ0v) is 12.9. The van der Waals surface area contributed by atoms with E-state index < -0.39 is 5.60 Å². The van der Waals surface area contributed by atoms with Crippen molar-refractivity contribution in [2.24, 2.45) is 5.92 Å². The molecule has 0 aromatic heterocycles. The zero-order valence-electron chi connectivity index (χ0n) is 12.9. The molecule has 3 heteroatoms. The quantitative estimate of drug-likeness (QED) is 0.765. The Labute approximate surface area is 113 Å². The number of nitrogens with zero attached hydrogens (tertiary/aromatic N) is 1. The van der Waals surface area contributed by atoms with Crippen LogP contribution in [0.5, 0.6) is 0 Å². The third kappa shape index (κ3) is 4.87. The van der Waals surface area contributed by atoms with Crippen molar-refractivity contribution in [3.8, 4) is 0 Å². The van der Waals surface area contributed by atoms with Crippen molar-refractivity contribution in [3.63, 3.8) is 0 Å². The van der Waals surface area contributed by atoms with Crippen LogP contribution < -0.4 is 5.32 Å². The minimum absolute atomic E-state index is 0.290. The van der Waals surface area contributed by atoms with Crippen molar-refractivity contribution in [2.75, 3.05) is 19.6 Å². The van der Waals surface area contributed by atoms with Crippen LogP contribution in [-0.4, -0.2) is 47.3 Å². The summed E-state index contributed by atoms with van der Waals surface area (Å²) in [5.74, 6) is 0.290. The number of hydrogen-bond donors (Lipinski definition) is 2. The lowest BCUT2D eigenvalue weighted by atomic mass is 9.91. The van der Waals surface area contributed by atoms with Crippen molar-refractivity contribution in [1.82, 2.24) is 10.2 Å². The van der Waals surface area contributed by atoms with E-state index in [-0.39, 0.29) is 5.92 Å². The SMILES string of the molecule is CC(C)N(CC1CCCCN1)CC(C)(O)C(C)C. The van der Waals surface area contributed by atoms with Crippen LogP contribution in [0.3, 0.4) is 0 Å². The summed E-state index contributed by atoms with van der Waals surface area (Å²) in [6, 6.07) is 1.09. The predicted octanol–water partition coefficient (Wildman–Crippen LogP) is 2.25. The van der Waals surface area contributed by atoms with E-state index in [9.17, 15) is 5.11 Å². The van der Waals surface area contributed by atoms with Gasteiger partial charge in [-0.25, -0.2) is 0 Å². The summed E-state index contributed by atoms with van der Waals surface area (Å²) >= 11 is 0. The zero-order chi connectivity index (χ0) is 13.8. The standard InChI is InChI=1S/C15H32N2O/c1-12(2)15(5,18)11-17(13(3)4)10-14-8-6-7-9-16-14/h12-14,16,18H,6-11H2,1-5H3. The van der Waals surface area contributed by atoms with Crippen LogP contribution in [0.15, 0.2) is 0 Å². The van der Waals surface area contributed by atoms with E-state index in [1.54, 1.807) is 0 Å². The highest BCUT2D eigenvalue weighted by atomic mass is 16.3. The molecule has 2 N–H and O–H groups in total. The van der Waals surface area contributed by atoms with Crippen LogP contribution in [-0.2, 0) is 0 Å². The Morgan fingerprint density at radius 3 is 2.39 bits per heavy atom. The van der Waals surface area contributed by atoms with Gasteiger partial charge in [-0.2, -0.15) is 0 Å². The van der Waals surface area contributed by atoms with Crippen molar-refractivity contribution in [2.45, 2.75) is 71.6 Å². The van der Waals surface area contributed by atoms with Gasteiger partial charge in [-0.1, -0.05) is 20.3 Å². The topological polar surface area (TPSA) is 35.5 Å². The second-order valence-electron chi connectivity index (χ2n) is 6.68. The maximum absolute atomic E-state index is 10.5. The van der Waals surface area contributed by atoms with Crippen LogP contribution in [0.25, 0.3) is 0 Å². The minimum Gasteiger partial charge on any atom is -0.389 e. The summed E-state index contributed by atoms with van der Waals surface area (Å²) in [4.78, 5) is 2.42.